The topological polar surface area (TPSA) is 119 Å². The molecule has 1 aliphatic rings. The predicted molar refractivity (Wildman–Crippen MR) is 60.0 cm³/mol. The van der Waals surface area contributed by atoms with Crippen LogP contribution < -0.4 is 5.32 Å². The van der Waals surface area contributed by atoms with Crippen molar-refractivity contribution >= 4 is 12.0 Å². The molecule has 3 atom stereocenters. The Balaban J connectivity index is 2.57. The molecule has 8 nitrogen and oxygen atoms in total. The standard InChI is InChI=1S/C10H18N2O6/c1-6-2-12(3-7(4-13)18-6)10(17)11-8(5-14)9(15)16/h6-8,13-14H,2-5H2,1H3,(H,11,17)(H,15,16)/t6?,7?,8-/m0/s1. The minimum Gasteiger partial charge on any atom is -0.480 e. The van der Waals surface area contributed by atoms with Crippen LogP contribution in [0.2, 0.25) is 0 Å². The smallest absolute Gasteiger partial charge is 0.328 e. The van der Waals surface area contributed by atoms with Gasteiger partial charge in [-0.3, -0.25) is 0 Å². The molecule has 0 aromatic carbocycles. The zero-order valence-electron chi connectivity index (χ0n) is 10.1. The van der Waals surface area contributed by atoms with Gasteiger partial charge in [0.1, 0.15) is 0 Å². The molecule has 0 spiro atoms. The van der Waals surface area contributed by atoms with E-state index < -0.39 is 30.8 Å². The van der Waals surface area contributed by atoms with Crippen molar-refractivity contribution in [1.82, 2.24) is 10.2 Å². The Hall–Kier alpha value is -1.38. The second-order valence-electron chi connectivity index (χ2n) is 4.18. The van der Waals surface area contributed by atoms with Crippen molar-refractivity contribution in [2.75, 3.05) is 26.3 Å². The third-order valence-corrected chi connectivity index (χ3v) is 2.60. The molecule has 0 aliphatic carbocycles. The minimum absolute atomic E-state index is 0.185. The summed E-state index contributed by atoms with van der Waals surface area (Å²) >= 11 is 0. The summed E-state index contributed by atoms with van der Waals surface area (Å²) in [6.07, 6.45) is -0.712. The molecule has 18 heavy (non-hydrogen) atoms. The fraction of sp³-hybridized carbons (Fsp3) is 0.800. The lowest BCUT2D eigenvalue weighted by atomic mass is 10.2. The summed E-state index contributed by atoms with van der Waals surface area (Å²) in [6.45, 7) is 1.36. The van der Waals surface area contributed by atoms with Crippen LogP contribution in [0.5, 0.6) is 0 Å². The number of carboxylic acids is 1. The largest absolute Gasteiger partial charge is 0.480 e. The van der Waals surface area contributed by atoms with Gasteiger partial charge in [-0.1, -0.05) is 0 Å². The second-order valence-corrected chi connectivity index (χ2v) is 4.18. The van der Waals surface area contributed by atoms with Crippen LogP contribution in [0.4, 0.5) is 4.79 Å². The van der Waals surface area contributed by atoms with Crippen LogP contribution in [0.3, 0.4) is 0 Å². The van der Waals surface area contributed by atoms with Crippen LogP contribution in [0, 0.1) is 0 Å². The summed E-state index contributed by atoms with van der Waals surface area (Å²) in [5.41, 5.74) is 0. The maximum atomic E-state index is 11.8. The highest BCUT2D eigenvalue weighted by Crippen LogP contribution is 2.10. The first-order chi connectivity index (χ1) is 8.47. The Bertz CT molecular complexity index is 311. The SMILES string of the molecule is CC1CN(C(=O)N[C@@H](CO)C(=O)O)CC(CO)O1. The molecule has 1 rings (SSSR count). The van der Waals surface area contributed by atoms with Gasteiger partial charge in [-0.05, 0) is 6.92 Å². The fourth-order valence-corrected chi connectivity index (χ4v) is 1.74. The van der Waals surface area contributed by atoms with Crippen molar-refractivity contribution in [3.05, 3.63) is 0 Å². The number of ether oxygens (including phenoxy) is 1. The number of aliphatic hydroxyl groups excluding tert-OH is 2. The van der Waals surface area contributed by atoms with Crippen molar-refractivity contribution in [3.63, 3.8) is 0 Å². The van der Waals surface area contributed by atoms with Gasteiger partial charge in [0.25, 0.3) is 0 Å². The molecule has 0 bridgehead atoms. The molecule has 0 radical (unpaired) electrons. The van der Waals surface area contributed by atoms with Crippen LogP contribution in [0.1, 0.15) is 6.92 Å². The van der Waals surface area contributed by atoms with E-state index in [0.29, 0.717) is 6.54 Å². The second kappa shape index (κ2) is 6.53. The minimum atomic E-state index is -1.33. The van der Waals surface area contributed by atoms with Gasteiger partial charge in [-0.2, -0.15) is 0 Å². The summed E-state index contributed by atoms with van der Waals surface area (Å²) in [5.74, 6) is -1.30. The Labute approximate surface area is 104 Å². The molecule has 8 heteroatoms. The average Bonchev–Trinajstić information content (AvgIpc) is 2.34. The number of hydrogen-bond acceptors (Lipinski definition) is 5. The van der Waals surface area contributed by atoms with E-state index in [9.17, 15) is 9.59 Å². The molecule has 2 amide bonds. The molecule has 1 saturated heterocycles. The van der Waals surface area contributed by atoms with Crippen molar-refractivity contribution in [1.29, 1.82) is 0 Å². The molecule has 0 aromatic heterocycles. The number of urea groups is 1. The zero-order valence-corrected chi connectivity index (χ0v) is 10.1. The maximum absolute atomic E-state index is 11.8. The van der Waals surface area contributed by atoms with Crippen molar-refractivity contribution in [2.45, 2.75) is 25.2 Å². The van der Waals surface area contributed by atoms with E-state index in [-0.39, 0.29) is 19.3 Å². The lowest BCUT2D eigenvalue weighted by molar-refractivity contribution is -0.140. The number of aliphatic carboxylic acids is 1. The van der Waals surface area contributed by atoms with Crippen LogP contribution in [0.15, 0.2) is 0 Å². The van der Waals surface area contributed by atoms with Crippen molar-refractivity contribution < 1.29 is 29.6 Å². The maximum Gasteiger partial charge on any atom is 0.328 e. The van der Waals surface area contributed by atoms with Gasteiger partial charge >= 0.3 is 12.0 Å². The normalized spacial score (nSPS) is 25.6. The van der Waals surface area contributed by atoms with E-state index >= 15 is 0 Å². The molecule has 1 heterocycles. The molecule has 1 fully saturated rings. The third kappa shape index (κ3) is 3.83. The van der Waals surface area contributed by atoms with Gasteiger partial charge in [0.15, 0.2) is 6.04 Å². The number of hydrogen-bond donors (Lipinski definition) is 4. The van der Waals surface area contributed by atoms with Gasteiger partial charge in [-0.25, -0.2) is 9.59 Å². The molecule has 2 unspecified atom stereocenters. The summed E-state index contributed by atoms with van der Waals surface area (Å²) in [6, 6.07) is -1.92. The molecule has 0 saturated carbocycles. The van der Waals surface area contributed by atoms with Crippen LogP contribution in [0.25, 0.3) is 0 Å². The number of rotatable bonds is 4. The lowest BCUT2D eigenvalue weighted by Gasteiger charge is -2.36. The van der Waals surface area contributed by atoms with Crippen LogP contribution in [-0.4, -0.2) is 76.8 Å². The summed E-state index contributed by atoms with van der Waals surface area (Å²) in [7, 11) is 0. The van der Waals surface area contributed by atoms with E-state index in [2.05, 4.69) is 5.32 Å². The zero-order chi connectivity index (χ0) is 13.7. The highest BCUT2D eigenvalue weighted by molar-refractivity contribution is 5.82. The van der Waals surface area contributed by atoms with Gasteiger partial charge in [0.2, 0.25) is 0 Å². The van der Waals surface area contributed by atoms with Gasteiger partial charge in [0, 0.05) is 6.54 Å². The molecule has 4 N–H and O–H groups in total. The summed E-state index contributed by atoms with van der Waals surface area (Å²) < 4.78 is 5.36. The third-order valence-electron chi connectivity index (χ3n) is 2.60. The van der Waals surface area contributed by atoms with E-state index in [1.54, 1.807) is 6.92 Å². The number of morpholine rings is 1. The highest BCUT2D eigenvalue weighted by atomic mass is 16.5. The summed E-state index contributed by atoms with van der Waals surface area (Å²) in [5, 5.41) is 28.7. The molecule has 0 aromatic rings. The van der Waals surface area contributed by atoms with Gasteiger partial charge < -0.3 is 30.3 Å². The Kier molecular flexibility index (Phi) is 5.32. The van der Waals surface area contributed by atoms with Crippen molar-refractivity contribution in [3.8, 4) is 0 Å². The number of carbonyl (C=O) groups excluding carboxylic acids is 1. The highest BCUT2D eigenvalue weighted by Gasteiger charge is 2.30. The first-order valence-corrected chi connectivity index (χ1v) is 5.63. The molecule has 104 valence electrons. The first-order valence-electron chi connectivity index (χ1n) is 5.63. The molecular weight excluding hydrogens is 244 g/mol. The van der Waals surface area contributed by atoms with Crippen molar-refractivity contribution in [2.24, 2.45) is 0 Å². The quantitative estimate of drug-likeness (QED) is 0.475. The number of nitrogens with one attached hydrogen (secondary N) is 1. The lowest BCUT2D eigenvalue weighted by Crippen LogP contribution is -2.56. The Morgan fingerprint density at radius 2 is 2.11 bits per heavy atom. The number of carbonyl (C=O) groups is 2. The summed E-state index contributed by atoms with van der Waals surface area (Å²) in [4.78, 5) is 23.8. The number of nitrogens with zero attached hydrogens (tertiary/aromatic N) is 1. The Morgan fingerprint density at radius 1 is 1.44 bits per heavy atom. The molecular formula is C10H18N2O6. The van der Waals surface area contributed by atoms with Crippen LogP contribution >= 0.6 is 0 Å². The van der Waals surface area contributed by atoms with E-state index in [1.165, 1.54) is 4.90 Å². The van der Waals surface area contributed by atoms with E-state index in [1.807, 2.05) is 0 Å². The van der Waals surface area contributed by atoms with E-state index in [0.717, 1.165) is 0 Å². The molecule has 1 aliphatic heterocycles. The van der Waals surface area contributed by atoms with Gasteiger partial charge in [-0.15, -0.1) is 0 Å². The number of aliphatic hydroxyl groups is 2. The monoisotopic (exact) mass is 262 g/mol. The Morgan fingerprint density at radius 3 is 2.61 bits per heavy atom. The number of carboxylic acid groups (broad SMARTS) is 1. The fourth-order valence-electron chi connectivity index (χ4n) is 1.74. The number of amides is 2. The average molecular weight is 262 g/mol. The van der Waals surface area contributed by atoms with E-state index in [4.69, 9.17) is 20.1 Å². The van der Waals surface area contributed by atoms with Gasteiger partial charge in [0.05, 0.1) is 32.0 Å². The van der Waals surface area contributed by atoms with Crippen LogP contribution in [-0.2, 0) is 9.53 Å². The predicted octanol–water partition coefficient (Wildman–Crippen LogP) is -1.78. The first kappa shape index (κ1) is 14.7.